The number of hydrogen-bond donors (Lipinski definition) is 0. The van der Waals surface area contributed by atoms with Gasteiger partial charge in [-0.15, -0.1) is 0 Å². The molecule has 0 aliphatic carbocycles. The van der Waals surface area contributed by atoms with Gasteiger partial charge in [0.25, 0.3) is 0 Å². The molecule has 1 aromatic heterocycles. The number of benzene rings is 2. The third-order valence-electron chi connectivity index (χ3n) is 5.49. The fourth-order valence-corrected chi connectivity index (χ4v) is 4.69. The molecule has 1 fully saturated rings. The zero-order chi connectivity index (χ0) is 22.0. The van der Waals surface area contributed by atoms with Crippen LogP contribution in [-0.2, 0) is 4.74 Å². The Morgan fingerprint density at radius 2 is 1.68 bits per heavy atom. The minimum Gasteiger partial charge on any atom is -0.461 e. The van der Waals surface area contributed by atoms with Gasteiger partial charge in [0.15, 0.2) is 11.5 Å². The van der Waals surface area contributed by atoms with E-state index in [0.29, 0.717) is 18.1 Å². The van der Waals surface area contributed by atoms with Crippen molar-refractivity contribution >= 4 is 34.8 Å². The molecule has 0 bridgehead atoms. The van der Waals surface area contributed by atoms with Crippen molar-refractivity contribution in [1.82, 2.24) is 14.3 Å². The van der Waals surface area contributed by atoms with E-state index in [-0.39, 0.29) is 0 Å². The fourth-order valence-electron chi connectivity index (χ4n) is 3.67. The lowest BCUT2D eigenvalue weighted by Crippen LogP contribution is -2.44. The normalized spacial score (nSPS) is 14.8. The first-order valence-electron chi connectivity index (χ1n) is 10.6. The topological polar surface area (TPSA) is 58.6 Å². The van der Waals surface area contributed by atoms with Gasteiger partial charge >= 0.3 is 5.97 Å². The van der Waals surface area contributed by atoms with Crippen molar-refractivity contribution in [3.8, 4) is 0 Å². The Labute approximate surface area is 187 Å². The molecule has 6 nitrogen and oxygen atoms in total. The number of ether oxygens (including phenoxy) is 1. The van der Waals surface area contributed by atoms with Crippen LogP contribution in [0.15, 0.2) is 41.3 Å². The van der Waals surface area contributed by atoms with Gasteiger partial charge in [-0.2, -0.15) is 0 Å². The second-order valence-corrected chi connectivity index (χ2v) is 9.04. The number of hydrogen-bond acceptors (Lipinski definition) is 7. The minimum atomic E-state index is -0.415. The maximum atomic E-state index is 12.7. The summed E-state index contributed by atoms with van der Waals surface area (Å²) in [5.41, 5.74) is 5.39. The van der Waals surface area contributed by atoms with Crippen LogP contribution >= 0.6 is 11.9 Å². The molecule has 0 atom stereocenters. The largest absolute Gasteiger partial charge is 0.461 e. The molecule has 31 heavy (non-hydrogen) atoms. The van der Waals surface area contributed by atoms with E-state index in [9.17, 15) is 4.79 Å². The fraction of sp³-hybridized carbons (Fsp3) is 0.375. The van der Waals surface area contributed by atoms with Crippen molar-refractivity contribution in [3.63, 3.8) is 0 Å². The van der Waals surface area contributed by atoms with Crippen LogP contribution in [-0.4, -0.2) is 53.0 Å². The molecule has 2 heterocycles. The predicted molar refractivity (Wildman–Crippen MR) is 126 cm³/mol. The van der Waals surface area contributed by atoms with Crippen LogP contribution in [0.4, 0.5) is 5.82 Å². The number of anilines is 1. The molecule has 2 aromatic carbocycles. The summed E-state index contributed by atoms with van der Waals surface area (Å²) in [5.74, 6) is 0.205. The van der Waals surface area contributed by atoms with E-state index in [1.165, 1.54) is 10.5 Å². The Hall–Kier alpha value is -2.64. The van der Waals surface area contributed by atoms with Crippen LogP contribution < -0.4 is 4.90 Å². The lowest BCUT2D eigenvalue weighted by atomic mass is 10.1. The molecular formula is C24H28N4O2S. The molecule has 3 aromatic rings. The molecule has 4 rings (SSSR count). The van der Waals surface area contributed by atoms with Gasteiger partial charge in [0.1, 0.15) is 0 Å². The summed E-state index contributed by atoms with van der Waals surface area (Å²) in [5, 5.41) is 0. The molecule has 0 N–H and O–H groups in total. The third-order valence-corrected chi connectivity index (χ3v) is 6.58. The quantitative estimate of drug-likeness (QED) is 0.429. The average molecular weight is 437 g/mol. The smallest absolute Gasteiger partial charge is 0.360 e. The summed E-state index contributed by atoms with van der Waals surface area (Å²) in [4.78, 5) is 25.6. The average Bonchev–Trinajstić information content (AvgIpc) is 2.75. The number of fused-ring (bicyclic) bond motifs is 1. The first-order chi connectivity index (χ1) is 14.9. The summed E-state index contributed by atoms with van der Waals surface area (Å²) in [6, 6.07) is 12.6. The molecule has 0 amide bonds. The van der Waals surface area contributed by atoms with Crippen molar-refractivity contribution in [2.24, 2.45) is 0 Å². The van der Waals surface area contributed by atoms with E-state index in [2.05, 4.69) is 52.3 Å². The molecule has 0 spiro atoms. The number of aromatic nitrogens is 2. The Morgan fingerprint density at radius 1 is 1.00 bits per heavy atom. The summed E-state index contributed by atoms with van der Waals surface area (Å²) in [6.07, 6.45) is 0. The third kappa shape index (κ3) is 4.83. The summed E-state index contributed by atoms with van der Waals surface area (Å²) in [6.45, 7) is 11.6. The van der Waals surface area contributed by atoms with Gasteiger partial charge in [-0.3, -0.25) is 0 Å². The Kier molecular flexibility index (Phi) is 6.43. The highest BCUT2D eigenvalue weighted by molar-refractivity contribution is 7.97. The van der Waals surface area contributed by atoms with Crippen molar-refractivity contribution in [1.29, 1.82) is 0 Å². The van der Waals surface area contributed by atoms with Gasteiger partial charge in [-0.1, -0.05) is 12.1 Å². The molecular weight excluding hydrogens is 408 g/mol. The van der Waals surface area contributed by atoms with Crippen LogP contribution in [0.25, 0.3) is 11.0 Å². The molecule has 162 valence electrons. The van der Waals surface area contributed by atoms with Crippen molar-refractivity contribution in [2.45, 2.75) is 32.6 Å². The number of aryl methyl sites for hydroxylation is 3. The van der Waals surface area contributed by atoms with Gasteiger partial charge in [0.2, 0.25) is 0 Å². The number of rotatable bonds is 5. The van der Waals surface area contributed by atoms with Gasteiger partial charge in [-0.25, -0.2) is 19.1 Å². The molecule has 1 aliphatic heterocycles. The van der Waals surface area contributed by atoms with E-state index in [1.807, 2.05) is 19.1 Å². The van der Waals surface area contributed by atoms with Crippen LogP contribution in [0.2, 0.25) is 0 Å². The van der Waals surface area contributed by atoms with Gasteiger partial charge in [0, 0.05) is 31.1 Å². The number of esters is 1. The monoisotopic (exact) mass is 436 g/mol. The first kappa shape index (κ1) is 21.6. The second-order valence-electron chi connectivity index (χ2n) is 7.87. The SMILES string of the molecule is CCOC(=O)c1nc2cc(C)c(C)cc2nc1N1CCN(Sc2cccc(C)c2)CC1. The zero-order valence-electron chi connectivity index (χ0n) is 18.5. The summed E-state index contributed by atoms with van der Waals surface area (Å²) < 4.78 is 7.65. The maximum Gasteiger partial charge on any atom is 0.360 e. The number of nitrogens with zero attached hydrogens (tertiary/aromatic N) is 4. The number of carbonyl (C=O) groups excluding carboxylic acids is 1. The number of carbonyl (C=O) groups is 1. The molecule has 0 saturated carbocycles. The molecule has 0 unspecified atom stereocenters. The van der Waals surface area contributed by atoms with Crippen molar-refractivity contribution < 1.29 is 9.53 Å². The minimum absolute atomic E-state index is 0.303. The highest BCUT2D eigenvalue weighted by atomic mass is 32.2. The Morgan fingerprint density at radius 3 is 2.32 bits per heavy atom. The maximum absolute atomic E-state index is 12.7. The molecule has 7 heteroatoms. The van der Waals surface area contributed by atoms with E-state index < -0.39 is 5.97 Å². The first-order valence-corrected chi connectivity index (χ1v) is 11.4. The Bertz CT molecular complexity index is 1110. The zero-order valence-corrected chi connectivity index (χ0v) is 19.3. The highest BCUT2D eigenvalue weighted by Gasteiger charge is 2.26. The van der Waals surface area contributed by atoms with E-state index in [4.69, 9.17) is 9.72 Å². The Balaban J connectivity index is 1.58. The van der Waals surface area contributed by atoms with Crippen LogP contribution in [0, 0.1) is 20.8 Å². The van der Waals surface area contributed by atoms with Crippen molar-refractivity contribution in [3.05, 3.63) is 58.8 Å². The van der Waals surface area contributed by atoms with Crippen LogP contribution in [0.1, 0.15) is 34.1 Å². The molecule has 1 aliphatic rings. The predicted octanol–water partition coefficient (Wildman–Crippen LogP) is 4.56. The van der Waals surface area contributed by atoms with Crippen LogP contribution in [0.3, 0.4) is 0 Å². The summed E-state index contributed by atoms with van der Waals surface area (Å²) in [7, 11) is 0. The number of piperazine rings is 1. The van der Waals surface area contributed by atoms with E-state index >= 15 is 0 Å². The lowest BCUT2D eigenvalue weighted by Gasteiger charge is -2.35. The standard InChI is InChI=1S/C24H28N4O2S/c1-5-30-24(29)22-23(26-21-15-18(4)17(3)14-20(21)25-22)27-9-11-28(12-10-27)31-19-8-6-7-16(2)13-19/h6-8,13-15H,5,9-12H2,1-4H3. The highest BCUT2D eigenvalue weighted by Crippen LogP contribution is 2.28. The summed E-state index contributed by atoms with van der Waals surface area (Å²) >= 11 is 1.78. The van der Waals surface area contributed by atoms with Gasteiger partial charge in [-0.05, 0) is 80.6 Å². The van der Waals surface area contributed by atoms with Crippen molar-refractivity contribution in [2.75, 3.05) is 37.7 Å². The molecule has 0 radical (unpaired) electrons. The lowest BCUT2D eigenvalue weighted by molar-refractivity contribution is 0.0520. The second kappa shape index (κ2) is 9.24. The van der Waals surface area contributed by atoms with E-state index in [1.54, 1.807) is 18.9 Å². The van der Waals surface area contributed by atoms with Gasteiger partial charge < -0.3 is 9.64 Å². The van der Waals surface area contributed by atoms with E-state index in [0.717, 1.165) is 48.3 Å². The van der Waals surface area contributed by atoms with Crippen LogP contribution in [0.5, 0.6) is 0 Å². The van der Waals surface area contributed by atoms with Gasteiger partial charge in [0.05, 0.1) is 17.6 Å². The molecule has 1 saturated heterocycles.